The number of fused-ring (bicyclic) bond motifs is 1. The van der Waals surface area contributed by atoms with Crippen LogP contribution >= 0.6 is 0 Å². The van der Waals surface area contributed by atoms with Gasteiger partial charge in [0.25, 0.3) is 0 Å². The Morgan fingerprint density at radius 3 is 2.25 bits per heavy atom. The molecule has 8 N–H and O–H groups in total. The molecule has 0 aliphatic carbocycles. The predicted octanol–water partition coefficient (Wildman–Crippen LogP) is 0.176. The molecule has 11 nitrogen and oxygen atoms in total. The smallest absolute Gasteiger partial charge is 0.326 e. The minimum atomic E-state index is -1.26. The number of benzene rings is 2. The van der Waals surface area contributed by atoms with E-state index >= 15 is 0 Å². The van der Waals surface area contributed by atoms with Crippen molar-refractivity contribution in [3.05, 3.63) is 65.9 Å². The molecule has 3 atom stereocenters. The number of aliphatic carboxylic acids is 1. The van der Waals surface area contributed by atoms with E-state index in [1.165, 1.54) is 19.1 Å². The first-order valence-corrected chi connectivity index (χ1v) is 11.3. The van der Waals surface area contributed by atoms with Crippen LogP contribution in [0.15, 0.2) is 54.7 Å². The lowest BCUT2D eigenvalue weighted by atomic mass is 10.0. The SMILES string of the molecule is CC(NC(=O)CN)C(=O)NC(Cc1ccc(O)cc1)C(=O)NC(Cc1c[nH]c2ccccc12)C(=O)O. The molecule has 3 amide bonds. The molecule has 2 aromatic carbocycles. The fourth-order valence-electron chi connectivity index (χ4n) is 3.73. The van der Waals surface area contributed by atoms with E-state index in [-0.39, 0.29) is 25.1 Å². The number of carbonyl (C=O) groups is 4. The summed E-state index contributed by atoms with van der Waals surface area (Å²) in [6.07, 6.45) is 1.74. The van der Waals surface area contributed by atoms with E-state index in [4.69, 9.17) is 5.73 Å². The van der Waals surface area contributed by atoms with Crippen LogP contribution in [0.2, 0.25) is 0 Å². The van der Waals surface area contributed by atoms with E-state index in [1.807, 2.05) is 24.3 Å². The normalized spacial score (nSPS) is 13.4. The highest BCUT2D eigenvalue weighted by atomic mass is 16.4. The van der Waals surface area contributed by atoms with E-state index in [2.05, 4.69) is 20.9 Å². The average Bonchev–Trinajstić information content (AvgIpc) is 3.26. The lowest BCUT2D eigenvalue weighted by molar-refractivity contribution is -0.142. The quantitative estimate of drug-likeness (QED) is 0.198. The number of hydrogen-bond acceptors (Lipinski definition) is 6. The summed E-state index contributed by atoms with van der Waals surface area (Å²) in [6, 6.07) is 10.1. The number of carboxylic acid groups (broad SMARTS) is 1. The van der Waals surface area contributed by atoms with Crippen LogP contribution in [0, 0.1) is 0 Å². The molecule has 0 bridgehead atoms. The van der Waals surface area contributed by atoms with Crippen LogP contribution in [-0.4, -0.2) is 63.6 Å². The van der Waals surface area contributed by atoms with Crippen molar-refractivity contribution in [3.8, 4) is 5.75 Å². The first kappa shape index (κ1) is 26.2. The number of carboxylic acids is 1. The Balaban J connectivity index is 1.78. The summed E-state index contributed by atoms with van der Waals surface area (Å²) in [5, 5.41) is 27.7. The molecule has 3 unspecified atom stereocenters. The fourth-order valence-corrected chi connectivity index (χ4v) is 3.73. The molecule has 0 radical (unpaired) electrons. The summed E-state index contributed by atoms with van der Waals surface area (Å²) in [5.74, 6) is -3.08. The number of para-hydroxylation sites is 1. The number of phenolic OH excluding ortho intramolecular Hbond substituents is 1. The van der Waals surface area contributed by atoms with Gasteiger partial charge in [0.15, 0.2) is 0 Å². The highest BCUT2D eigenvalue weighted by molar-refractivity contribution is 5.94. The number of nitrogens with two attached hydrogens (primary N) is 1. The Kier molecular flexibility index (Phi) is 8.63. The molecule has 0 saturated heterocycles. The number of aromatic nitrogens is 1. The zero-order valence-corrected chi connectivity index (χ0v) is 19.7. The van der Waals surface area contributed by atoms with Crippen molar-refractivity contribution in [2.45, 2.75) is 37.9 Å². The standard InChI is InChI=1S/C25H29N5O6/c1-14(28-22(32)12-26)23(33)29-20(10-15-6-8-17(31)9-7-15)24(34)30-21(25(35)36)11-16-13-27-19-5-3-2-4-18(16)19/h2-9,13-14,20-21,27,31H,10-12,26H2,1H3,(H,28,32)(H,29,33)(H,30,34)(H,35,36). The number of H-pyrrole nitrogens is 1. The maximum Gasteiger partial charge on any atom is 0.326 e. The zero-order chi connectivity index (χ0) is 26.2. The molecule has 1 aromatic heterocycles. The van der Waals surface area contributed by atoms with Crippen LogP contribution in [0.4, 0.5) is 0 Å². The second-order valence-corrected chi connectivity index (χ2v) is 8.39. The molecule has 3 rings (SSSR count). The molecule has 11 heteroatoms. The topological polar surface area (TPSA) is 187 Å². The number of hydrogen-bond donors (Lipinski definition) is 7. The summed E-state index contributed by atoms with van der Waals surface area (Å²) < 4.78 is 0. The fraction of sp³-hybridized carbons (Fsp3) is 0.280. The largest absolute Gasteiger partial charge is 0.508 e. The van der Waals surface area contributed by atoms with Crippen LogP contribution in [0.25, 0.3) is 10.9 Å². The molecule has 0 spiro atoms. The van der Waals surface area contributed by atoms with Crippen molar-refractivity contribution in [1.82, 2.24) is 20.9 Å². The maximum atomic E-state index is 13.2. The van der Waals surface area contributed by atoms with E-state index < -0.39 is 41.8 Å². The van der Waals surface area contributed by atoms with Gasteiger partial charge in [-0.05, 0) is 36.2 Å². The molecule has 0 aliphatic rings. The minimum absolute atomic E-state index is 0.0217. The second kappa shape index (κ2) is 11.8. The van der Waals surface area contributed by atoms with Crippen molar-refractivity contribution < 1.29 is 29.4 Å². The Bertz CT molecular complexity index is 1240. The minimum Gasteiger partial charge on any atom is -0.508 e. The third-order valence-corrected chi connectivity index (χ3v) is 5.68. The molecule has 0 aliphatic heterocycles. The number of rotatable bonds is 11. The molecule has 3 aromatic rings. The molecule has 0 fully saturated rings. The molecule has 1 heterocycles. The van der Waals surface area contributed by atoms with E-state index in [0.717, 1.165) is 16.5 Å². The molecule has 0 saturated carbocycles. The molecular weight excluding hydrogens is 466 g/mol. The predicted molar refractivity (Wildman–Crippen MR) is 132 cm³/mol. The Labute approximate surface area is 207 Å². The van der Waals surface area contributed by atoms with E-state index in [9.17, 15) is 29.4 Å². The lowest BCUT2D eigenvalue weighted by Gasteiger charge is -2.23. The van der Waals surface area contributed by atoms with Crippen LogP contribution < -0.4 is 21.7 Å². The van der Waals surface area contributed by atoms with Gasteiger partial charge in [-0.25, -0.2) is 4.79 Å². The number of phenols is 1. The number of carbonyl (C=O) groups excluding carboxylic acids is 3. The van der Waals surface area contributed by atoms with Crippen molar-refractivity contribution in [1.29, 1.82) is 0 Å². The first-order chi connectivity index (χ1) is 17.2. The number of aromatic hydroxyl groups is 1. The third-order valence-electron chi connectivity index (χ3n) is 5.68. The first-order valence-electron chi connectivity index (χ1n) is 11.3. The molecule has 36 heavy (non-hydrogen) atoms. The monoisotopic (exact) mass is 495 g/mol. The van der Waals surface area contributed by atoms with Gasteiger partial charge in [-0.15, -0.1) is 0 Å². The maximum absolute atomic E-state index is 13.2. The van der Waals surface area contributed by atoms with E-state index in [0.29, 0.717) is 5.56 Å². The molecule has 190 valence electrons. The van der Waals surface area contributed by atoms with Crippen LogP contribution in [0.5, 0.6) is 5.75 Å². The van der Waals surface area contributed by atoms with Crippen LogP contribution in [0.3, 0.4) is 0 Å². The van der Waals surface area contributed by atoms with Crippen LogP contribution in [0.1, 0.15) is 18.1 Å². The second-order valence-electron chi connectivity index (χ2n) is 8.39. The van der Waals surface area contributed by atoms with Crippen molar-refractivity contribution in [2.24, 2.45) is 5.73 Å². The average molecular weight is 496 g/mol. The highest BCUT2D eigenvalue weighted by Gasteiger charge is 2.29. The van der Waals surface area contributed by atoms with Gasteiger partial charge in [-0.1, -0.05) is 30.3 Å². The highest BCUT2D eigenvalue weighted by Crippen LogP contribution is 2.19. The van der Waals surface area contributed by atoms with Crippen molar-refractivity contribution >= 4 is 34.6 Å². The van der Waals surface area contributed by atoms with Gasteiger partial charge in [-0.2, -0.15) is 0 Å². The van der Waals surface area contributed by atoms with Gasteiger partial charge in [0.1, 0.15) is 23.9 Å². The number of amides is 3. The lowest BCUT2D eigenvalue weighted by Crippen LogP contribution is -2.56. The summed E-state index contributed by atoms with van der Waals surface area (Å²) in [4.78, 5) is 52.5. The summed E-state index contributed by atoms with van der Waals surface area (Å²) >= 11 is 0. The number of nitrogens with one attached hydrogen (secondary N) is 4. The summed E-state index contributed by atoms with van der Waals surface area (Å²) in [5.41, 5.74) is 7.45. The Morgan fingerprint density at radius 2 is 1.58 bits per heavy atom. The summed E-state index contributed by atoms with van der Waals surface area (Å²) in [6.45, 7) is 1.14. The van der Waals surface area contributed by atoms with Gasteiger partial charge in [0, 0.05) is 29.9 Å². The zero-order valence-electron chi connectivity index (χ0n) is 19.7. The van der Waals surface area contributed by atoms with Gasteiger partial charge < -0.3 is 36.9 Å². The van der Waals surface area contributed by atoms with Crippen molar-refractivity contribution in [2.75, 3.05) is 6.54 Å². The third kappa shape index (κ3) is 6.83. The van der Waals surface area contributed by atoms with Gasteiger partial charge in [0.05, 0.1) is 6.54 Å². The van der Waals surface area contributed by atoms with Crippen LogP contribution in [-0.2, 0) is 32.0 Å². The number of aromatic amines is 1. The van der Waals surface area contributed by atoms with E-state index in [1.54, 1.807) is 18.3 Å². The van der Waals surface area contributed by atoms with Gasteiger partial charge in [-0.3, -0.25) is 14.4 Å². The Hall–Kier alpha value is -4.38. The Morgan fingerprint density at radius 1 is 0.917 bits per heavy atom. The van der Waals surface area contributed by atoms with Crippen molar-refractivity contribution in [3.63, 3.8) is 0 Å². The van der Waals surface area contributed by atoms with Gasteiger partial charge in [0.2, 0.25) is 17.7 Å². The molecular formula is C25H29N5O6. The summed E-state index contributed by atoms with van der Waals surface area (Å²) in [7, 11) is 0. The van der Waals surface area contributed by atoms with Gasteiger partial charge >= 0.3 is 5.97 Å².